The van der Waals surface area contributed by atoms with Crippen molar-refractivity contribution in [2.45, 2.75) is 17.6 Å². The second-order valence-electron chi connectivity index (χ2n) is 6.25. The molecule has 156 valence electrons. The van der Waals surface area contributed by atoms with Crippen LogP contribution in [0.3, 0.4) is 0 Å². The molecule has 3 aromatic heterocycles. The van der Waals surface area contributed by atoms with Gasteiger partial charge in [0.2, 0.25) is 11.6 Å². The quantitative estimate of drug-likeness (QED) is 0.252. The average molecular weight is 435 g/mol. The molecule has 0 aliphatic rings. The van der Waals surface area contributed by atoms with Crippen LogP contribution < -0.4 is 11.2 Å². The second-order valence-corrected chi connectivity index (χ2v) is 7.29. The van der Waals surface area contributed by atoms with Crippen molar-refractivity contribution in [3.8, 4) is 5.82 Å². The number of hydrazone groups is 1. The molecular formula is C19H17N9O2S. The Morgan fingerprint density at radius 1 is 1.19 bits per heavy atom. The van der Waals surface area contributed by atoms with E-state index in [4.69, 9.17) is 5.73 Å². The standard InChI is InChI=1S/C19H17N9O2S/c1-12(13-7-9-21-10-8-13)22-24-19(29)16-15(11-31-14-5-3-2-4-6-14)28(27-23-16)18-17(20)25-30-26-18/h2-10H,11H2,1H3,(H2,20,25)(H,24,29). The molecule has 11 nitrogen and oxygen atoms in total. The molecule has 3 N–H and O–H groups in total. The summed E-state index contributed by atoms with van der Waals surface area (Å²) in [6, 6.07) is 13.3. The van der Waals surface area contributed by atoms with Gasteiger partial charge < -0.3 is 5.73 Å². The Labute approximate surface area is 180 Å². The van der Waals surface area contributed by atoms with Crippen molar-refractivity contribution in [1.82, 2.24) is 35.7 Å². The van der Waals surface area contributed by atoms with Gasteiger partial charge in [0.15, 0.2) is 5.69 Å². The lowest BCUT2D eigenvalue weighted by atomic mass is 10.2. The van der Waals surface area contributed by atoms with E-state index in [9.17, 15) is 4.79 Å². The van der Waals surface area contributed by atoms with Gasteiger partial charge in [-0.3, -0.25) is 9.78 Å². The Morgan fingerprint density at radius 3 is 2.68 bits per heavy atom. The Hall–Kier alpha value is -4.06. The van der Waals surface area contributed by atoms with Crippen molar-refractivity contribution in [2.24, 2.45) is 5.10 Å². The second kappa shape index (κ2) is 9.17. The minimum atomic E-state index is -0.515. The van der Waals surface area contributed by atoms with Gasteiger partial charge in [-0.15, -0.1) is 16.9 Å². The van der Waals surface area contributed by atoms with Crippen LogP contribution in [0, 0.1) is 0 Å². The van der Waals surface area contributed by atoms with Gasteiger partial charge in [-0.25, -0.2) is 10.1 Å². The normalized spacial score (nSPS) is 11.5. The van der Waals surface area contributed by atoms with Gasteiger partial charge >= 0.3 is 0 Å². The molecule has 0 saturated heterocycles. The highest BCUT2D eigenvalue weighted by Crippen LogP contribution is 2.25. The molecule has 0 saturated carbocycles. The van der Waals surface area contributed by atoms with Gasteiger partial charge in [-0.1, -0.05) is 23.4 Å². The molecule has 0 atom stereocenters. The first-order chi connectivity index (χ1) is 15.1. The number of aromatic nitrogens is 6. The minimum absolute atomic E-state index is 0.0365. The zero-order chi connectivity index (χ0) is 21.6. The maximum atomic E-state index is 12.8. The van der Waals surface area contributed by atoms with Crippen LogP contribution in [0.5, 0.6) is 0 Å². The number of hydrogen-bond donors (Lipinski definition) is 2. The lowest BCUT2D eigenvalue weighted by Crippen LogP contribution is -2.21. The number of amides is 1. The van der Waals surface area contributed by atoms with Crippen LogP contribution in [0.15, 0.2) is 69.5 Å². The van der Waals surface area contributed by atoms with E-state index in [-0.39, 0.29) is 17.3 Å². The first-order valence-corrected chi connectivity index (χ1v) is 10.1. The molecule has 0 unspecified atom stereocenters. The van der Waals surface area contributed by atoms with Crippen molar-refractivity contribution in [3.63, 3.8) is 0 Å². The molecule has 0 aliphatic carbocycles. The molecule has 3 heterocycles. The fraction of sp³-hybridized carbons (Fsp3) is 0.105. The number of carbonyl (C=O) groups excluding carboxylic acids is 1. The minimum Gasteiger partial charge on any atom is -0.378 e. The smallest absolute Gasteiger partial charge is 0.293 e. The van der Waals surface area contributed by atoms with E-state index < -0.39 is 5.91 Å². The Balaban J connectivity index is 1.61. The molecule has 4 rings (SSSR count). The van der Waals surface area contributed by atoms with Crippen molar-refractivity contribution in [3.05, 3.63) is 71.8 Å². The highest BCUT2D eigenvalue weighted by Gasteiger charge is 2.24. The number of thioether (sulfide) groups is 1. The van der Waals surface area contributed by atoms with E-state index in [1.807, 2.05) is 30.3 Å². The Bertz CT molecular complexity index is 1210. The van der Waals surface area contributed by atoms with Crippen LogP contribution >= 0.6 is 11.8 Å². The molecule has 31 heavy (non-hydrogen) atoms. The van der Waals surface area contributed by atoms with Crippen molar-refractivity contribution < 1.29 is 9.42 Å². The number of nitrogens with one attached hydrogen (secondary N) is 1. The molecule has 0 spiro atoms. The topological polar surface area (TPSA) is 150 Å². The van der Waals surface area contributed by atoms with Crippen LogP contribution in [-0.4, -0.2) is 41.9 Å². The van der Waals surface area contributed by atoms with Crippen LogP contribution in [0.4, 0.5) is 5.82 Å². The zero-order valence-electron chi connectivity index (χ0n) is 16.3. The van der Waals surface area contributed by atoms with Crippen LogP contribution in [0.25, 0.3) is 5.82 Å². The molecule has 0 bridgehead atoms. The lowest BCUT2D eigenvalue weighted by molar-refractivity contribution is 0.0949. The van der Waals surface area contributed by atoms with Gasteiger partial charge in [0, 0.05) is 28.6 Å². The number of nitrogens with zero attached hydrogens (tertiary/aromatic N) is 7. The number of pyridine rings is 1. The maximum absolute atomic E-state index is 12.8. The largest absolute Gasteiger partial charge is 0.378 e. The molecular weight excluding hydrogens is 418 g/mol. The summed E-state index contributed by atoms with van der Waals surface area (Å²) in [6.45, 7) is 1.78. The SMILES string of the molecule is CC(=NNC(=O)c1nnn(-c2nonc2N)c1CSc1ccccc1)c1ccncc1. The van der Waals surface area contributed by atoms with Gasteiger partial charge in [-0.05, 0) is 41.5 Å². The predicted molar refractivity (Wildman–Crippen MR) is 114 cm³/mol. The fourth-order valence-electron chi connectivity index (χ4n) is 2.63. The third kappa shape index (κ3) is 4.59. The number of nitrogen functional groups attached to an aromatic ring is 1. The van der Waals surface area contributed by atoms with Gasteiger partial charge in [0.1, 0.15) is 0 Å². The average Bonchev–Trinajstić information content (AvgIpc) is 3.42. The Kier molecular flexibility index (Phi) is 5.98. The number of nitrogens with two attached hydrogens (primary N) is 1. The van der Waals surface area contributed by atoms with Crippen molar-refractivity contribution >= 4 is 29.2 Å². The zero-order valence-corrected chi connectivity index (χ0v) is 17.2. The first kappa shape index (κ1) is 20.2. The van der Waals surface area contributed by atoms with Gasteiger partial charge in [-0.2, -0.15) is 9.78 Å². The number of carbonyl (C=O) groups is 1. The van der Waals surface area contributed by atoms with Crippen LogP contribution in [-0.2, 0) is 5.75 Å². The van der Waals surface area contributed by atoms with Gasteiger partial charge in [0.05, 0.1) is 11.4 Å². The molecule has 1 aromatic carbocycles. The van der Waals surface area contributed by atoms with E-state index in [0.717, 1.165) is 10.5 Å². The van der Waals surface area contributed by atoms with E-state index in [0.29, 0.717) is 17.2 Å². The lowest BCUT2D eigenvalue weighted by Gasteiger charge is -2.06. The molecule has 4 aromatic rings. The van der Waals surface area contributed by atoms with E-state index in [2.05, 4.69) is 40.8 Å². The van der Waals surface area contributed by atoms with Crippen molar-refractivity contribution in [2.75, 3.05) is 5.73 Å². The number of hydrogen-bond acceptors (Lipinski definition) is 10. The molecule has 0 fully saturated rings. The summed E-state index contributed by atoms with van der Waals surface area (Å²) in [7, 11) is 0. The van der Waals surface area contributed by atoms with Crippen molar-refractivity contribution in [1.29, 1.82) is 0 Å². The third-order valence-electron chi connectivity index (χ3n) is 4.22. The maximum Gasteiger partial charge on any atom is 0.293 e. The van der Waals surface area contributed by atoms with E-state index in [1.165, 1.54) is 16.4 Å². The Morgan fingerprint density at radius 2 is 1.97 bits per heavy atom. The summed E-state index contributed by atoms with van der Waals surface area (Å²) < 4.78 is 6.01. The third-order valence-corrected chi connectivity index (χ3v) is 5.24. The highest BCUT2D eigenvalue weighted by atomic mass is 32.2. The first-order valence-electron chi connectivity index (χ1n) is 9.09. The predicted octanol–water partition coefficient (Wildman–Crippen LogP) is 2.07. The van der Waals surface area contributed by atoms with Crippen LogP contribution in [0.2, 0.25) is 0 Å². The molecule has 0 aliphatic heterocycles. The molecule has 1 amide bonds. The summed E-state index contributed by atoms with van der Waals surface area (Å²) >= 11 is 1.51. The van der Waals surface area contributed by atoms with E-state index in [1.54, 1.807) is 31.5 Å². The highest BCUT2D eigenvalue weighted by molar-refractivity contribution is 7.98. The summed E-state index contributed by atoms with van der Waals surface area (Å²) in [6.07, 6.45) is 3.30. The molecule has 0 radical (unpaired) electrons. The molecule has 12 heteroatoms. The number of anilines is 1. The summed E-state index contributed by atoms with van der Waals surface area (Å²) in [5.41, 5.74) is 10.4. The summed E-state index contributed by atoms with van der Waals surface area (Å²) in [4.78, 5) is 17.8. The number of benzene rings is 1. The summed E-state index contributed by atoms with van der Waals surface area (Å²) in [5, 5.41) is 19.5. The number of rotatable bonds is 7. The monoisotopic (exact) mass is 435 g/mol. The van der Waals surface area contributed by atoms with Crippen LogP contribution in [0.1, 0.15) is 28.7 Å². The fourth-order valence-corrected chi connectivity index (χ4v) is 3.54. The summed E-state index contributed by atoms with van der Waals surface area (Å²) in [5.74, 6) is 0.0541. The van der Waals surface area contributed by atoms with Gasteiger partial charge in [0.25, 0.3) is 5.91 Å². The van der Waals surface area contributed by atoms with E-state index >= 15 is 0 Å².